The molecule has 2 N–H and O–H groups in total. The molecule has 1 aromatic rings. The van der Waals surface area contributed by atoms with Crippen LogP contribution in [0.3, 0.4) is 0 Å². The second kappa shape index (κ2) is 5.17. The highest BCUT2D eigenvalue weighted by Gasteiger charge is 2.05. The number of hydrogen-bond acceptors (Lipinski definition) is 2. The molecule has 0 amide bonds. The maximum atomic E-state index is 9.66. The van der Waals surface area contributed by atoms with Gasteiger partial charge in [-0.25, -0.2) is 0 Å². The Kier molecular flexibility index (Phi) is 4.13. The van der Waals surface area contributed by atoms with Gasteiger partial charge in [-0.05, 0) is 54.2 Å². The van der Waals surface area contributed by atoms with Crippen molar-refractivity contribution in [2.45, 2.75) is 27.7 Å². The summed E-state index contributed by atoms with van der Waals surface area (Å²) in [5.41, 5.74) is 3.77. The number of rotatable bonds is 3. The van der Waals surface area contributed by atoms with Gasteiger partial charge in [0.15, 0.2) is 0 Å². The molecule has 0 saturated heterocycles. The lowest BCUT2D eigenvalue weighted by Crippen LogP contribution is -1.99. The van der Waals surface area contributed by atoms with Crippen molar-refractivity contribution < 1.29 is 10.2 Å². The van der Waals surface area contributed by atoms with Crippen molar-refractivity contribution in [3.8, 4) is 5.75 Å². The summed E-state index contributed by atoms with van der Waals surface area (Å²) in [5, 5.41) is 18.9. The Morgan fingerprint density at radius 1 is 1.25 bits per heavy atom. The molecule has 0 saturated carbocycles. The van der Waals surface area contributed by atoms with Crippen LogP contribution in [-0.4, -0.2) is 16.8 Å². The van der Waals surface area contributed by atoms with Crippen LogP contribution in [0.4, 0.5) is 0 Å². The van der Waals surface area contributed by atoms with E-state index in [0.717, 1.165) is 22.3 Å². The largest absolute Gasteiger partial charge is 0.507 e. The van der Waals surface area contributed by atoms with Gasteiger partial charge in [0.05, 0.1) is 6.61 Å². The van der Waals surface area contributed by atoms with Crippen molar-refractivity contribution in [2.24, 2.45) is 5.92 Å². The first-order chi connectivity index (χ1) is 7.45. The fourth-order valence-corrected chi connectivity index (χ4v) is 1.68. The van der Waals surface area contributed by atoms with E-state index in [2.05, 4.69) is 13.8 Å². The third-order valence-electron chi connectivity index (χ3n) is 2.79. The van der Waals surface area contributed by atoms with E-state index in [1.54, 1.807) is 0 Å². The molecule has 16 heavy (non-hydrogen) atoms. The van der Waals surface area contributed by atoms with Crippen LogP contribution in [0.5, 0.6) is 5.75 Å². The molecule has 0 fully saturated rings. The molecular weight excluding hydrogens is 200 g/mol. The van der Waals surface area contributed by atoms with Crippen molar-refractivity contribution in [1.29, 1.82) is 0 Å². The van der Waals surface area contributed by atoms with Gasteiger partial charge in [0, 0.05) is 0 Å². The third kappa shape index (κ3) is 2.86. The second-order valence-corrected chi connectivity index (χ2v) is 4.54. The van der Waals surface area contributed by atoms with Gasteiger partial charge >= 0.3 is 0 Å². The lowest BCUT2D eigenvalue weighted by molar-refractivity contribution is 0.320. The van der Waals surface area contributed by atoms with Crippen LogP contribution in [0.1, 0.15) is 30.5 Å². The lowest BCUT2D eigenvalue weighted by Gasteiger charge is -2.10. The van der Waals surface area contributed by atoms with Crippen LogP contribution >= 0.6 is 0 Å². The van der Waals surface area contributed by atoms with Gasteiger partial charge in [0.25, 0.3) is 0 Å². The molecule has 0 bridgehead atoms. The van der Waals surface area contributed by atoms with Crippen LogP contribution < -0.4 is 0 Å². The van der Waals surface area contributed by atoms with Gasteiger partial charge in [0.2, 0.25) is 0 Å². The number of aromatic hydroxyl groups is 1. The van der Waals surface area contributed by atoms with Gasteiger partial charge < -0.3 is 10.2 Å². The van der Waals surface area contributed by atoms with Gasteiger partial charge in [-0.2, -0.15) is 0 Å². The van der Waals surface area contributed by atoms with E-state index in [4.69, 9.17) is 0 Å². The summed E-state index contributed by atoms with van der Waals surface area (Å²) in [6.45, 7) is 7.96. The number of phenolic OH excluding ortho intramolecular Hbond substituents is 1. The second-order valence-electron chi connectivity index (χ2n) is 4.54. The van der Waals surface area contributed by atoms with E-state index < -0.39 is 0 Å². The molecule has 0 heterocycles. The molecule has 0 atom stereocenters. The maximum Gasteiger partial charge on any atom is 0.121 e. The first-order valence-electron chi connectivity index (χ1n) is 5.57. The maximum absolute atomic E-state index is 9.66. The standard InChI is InChI=1S/C14H20O2/c1-9(2)13(8-15)7-12-5-10(3)14(16)11(4)6-12/h5-7,9,15-16H,8H2,1-4H3. The molecule has 0 aliphatic heterocycles. The van der Waals surface area contributed by atoms with Crippen LogP contribution in [0.25, 0.3) is 6.08 Å². The number of aliphatic hydroxyl groups is 1. The van der Waals surface area contributed by atoms with Crippen molar-refractivity contribution in [1.82, 2.24) is 0 Å². The first kappa shape index (κ1) is 12.8. The molecule has 0 spiro atoms. The molecule has 2 heteroatoms. The SMILES string of the molecule is Cc1cc(C=C(CO)C(C)C)cc(C)c1O. The smallest absolute Gasteiger partial charge is 0.121 e. The van der Waals surface area contributed by atoms with Gasteiger partial charge in [-0.3, -0.25) is 0 Å². The monoisotopic (exact) mass is 220 g/mol. The molecule has 88 valence electrons. The molecule has 1 aromatic carbocycles. The van der Waals surface area contributed by atoms with Crippen molar-refractivity contribution in [3.05, 3.63) is 34.4 Å². The van der Waals surface area contributed by atoms with E-state index >= 15 is 0 Å². The fourth-order valence-electron chi connectivity index (χ4n) is 1.68. The number of aliphatic hydroxyl groups excluding tert-OH is 1. The topological polar surface area (TPSA) is 40.5 Å². The minimum Gasteiger partial charge on any atom is -0.507 e. The molecule has 0 radical (unpaired) electrons. The zero-order valence-corrected chi connectivity index (χ0v) is 10.4. The Balaban J connectivity index is 3.15. The summed E-state index contributed by atoms with van der Waals surface area (Å²) < 4.78 is 0. The highest BCUT2D eigenvalue weighted by atomic mass is 16.3. The number of phenols is 1. The Labute approximate surface area is 97.2 Å². The van der Waals surface area contributed by atoms with Gasteiger partial charge in [-0.15, -0.1) is 0 Å². The molecular formula is C14H20O2. The number of aryl methyl sites for hydroxylation is 2. The predicted octanol–water partition coefficient (Wildman–Crippen LogP) is 3.04. The first-order valence-corrected chi connectivity index (χ1v) is 5.57. The zero-order valence-electron chi connectivity index (χ0n) is 10.4. The van der Waals surface area contributed by atoms with E-state index in [9.17, 15) is 10.2 Å². The average Bonchev–Trinajstić information content (AvgIpc) is 2.21. The summed E-state index contributed by atoms with van der Waals surface area (Å²) in [5.74, 6) is 0.687. The molecule has 0 aliphatic carbocycles. The Hall–Kier alpha value is -1.28. The molecule has 0 aromatic heterocycles. The third-order valence-corrected chi connectivity index (χ3v) is 2.79. The molecule has 1 rings (SSSR count). The quantitative estimate of drug-likeness (QED) is 0.822. The Morgan fingerprint density at radius 2 is 1.75 bits per heavy atom. The Bertz CT molecular complexity index is 380. The van der Waals surface area contributed by atoms with Crippen molar-refractivity contribution >= 4 is 6.08 Å². The van der Waals surface area contributed by atoms with E-state index in [-0.39, 0.29) is 6.61 Å². The lowest BCUT2D eigenvalue weighted by atomic mass is 9.99. The van der Waals surface area contributed by atoms with Crippen LogP contribution in [0.2, 0.25) is 0 Å². The summed E-state index contributed by atoms with van der Waals surface area (Å²) in [6, 6.07) is 3.86. The van der Waals surface area contributed by atoms with E-state index in [1.165, 1.54) is 0 Å². The minimum atomic E-state index is 0.0800. The van der Waals surface area contributed by atoms with E-state index in [0.29, 0.717) is 11.7 Å². The Morgan fingerprint density at radius 3 is 2.12 bits per heavy atom. The number of hydrogen-bond donors (Lipinski definition) is 2. The summed E-state index contributed by atoms with van der Waals surface area (Å²) >= 11 is 0. The summed E-state index contributed by atoms with van der Waals surface area (Å²) in [7, 11) is 0. The molecule has 2 nitrogen and oxygen atoms in total. The molecule has 0 aliphatic rings. The highest BCUT2D eigenvalue weighted by molar-refractivity contribution is 5.58. The molecule has 0 unspecified atom stereocenters. The predicted molar refractivity (Wildman–Crippen MR) is 67.5 cm³/mol. The fraction of sp³-hybridized carbons (Fsp3) is 0.429. The van der Waals surface area contributed by atoms with Crippen molar-refractivity contribution in [3.63, 3.8) is 0 Å². The normalized spacial score (nSPS) is 12.2. The average molecular weight is 220 g/mol. The summed E-state index contributed by atoms with van der Waals surface area (Å²) in [4.78, 5) is 0. The van der Waals surface area contributed by atoms with E-state index in [1.807, 2.05) is 32.1 Å². The van der Waals surface area contributed by atoms with Gasteiger partial charge in [0.1, 0.15) is 5.75 Å². The minimum absolute atomic E-state index is 0.0800. The summed E-state index contributed by atoms with van der Waals surface area (Å²) in [6.07, 6.45) is 1.99. The highest BCUT2D eigenvalue weighted by Crippen LogP contribution is 2.25. The van der Waals surface area contributed by atoms with Crippen LogP contribution in [0, 0.1) is 19.8 Å². The van der Waals surface area contributed by atoms with Crippen LogP contribution in [0.15, 0.2) is 17.7 Å². The number of benzene rings is 1. The van der Waals surface area contributed by atoms with Crippen molar-refractivity contribution in [2.75, 3.05) is 6.61 Å². The zero-order chi connectivity index (χ0) is 12.3. The van der Waals surface area contributed by atoms with Gasteiger partial charge in [-0.1, -0.05) is 19.9 Å². The van der Waals surface area contributed by atoms with Crippen LogP contribution in [-0.2, 0) is 0 Å².